The second kappa shape index (κ2) is 7.79. The SMILES string of the molecule is Cc1cc(CN2CCN(CC(=O)Nc3ccc(Cl)cc3)CC2)no1. The summed E-state index contributed by atoms with van der Waals surface area (Å²) in [6, 6.07) is 9.10. The van der Waals surface area contributed by atoms with Crippen LogP contribution in [-0.2, 0) is 11.3 Å². The van der Waals surface area contributed by atoms with Gasteiger partial charge in [-0.05, 0) is 31.2 Å². The topological polar surface area (TPSA) is 61.6 Å². The minimum absolute atomic E-state index is 0.00195. The molecule has 0 atom stereocenters. The van der Waals surface area contributed by atoms with Gasteiger partial charge in [-0.1, -0.05) is 16.8 Å². The molecule has 1 fully saturated rings. The highest BCUT2D eigenvalue weighted by atomic mass is 35.5. The second-order valence-electron chi connectivity index (χ2n) is 6.04. The summed E-state index contributed by atoms with van der Waals surface area (Å²) in [6.07, 6.45) is 0. The van der Waals surface area contributed by atoms with Gasteiger partial charge in [-0.25, -0.2) is 0 Å². The zero-order valence-corrected chi connectivity index (χ0v) is 14.4. The average Bonchev–Trinajstić information content (AvgIpc) is 2.96. The van der Waals surface area contributed by atoms with Gasteiger partial charge in [0.15, 0.2) is 0 Å². The molecular formula is C17H21ClN4O2. The van der Waals surface area contributed by atoms with Crippen LogP contribution in [0.15, 0.2) is 34.9 Å². The lowest BCUT2D eigenvalue weighted by atomic mass is 10.2. The Balaban J connectivity index is 1.41. The van der Waals surface area contributed by atoms with E-state index in [1.54, 1.807) is 24.3 Å². The predicted octanol–water partition coefficient (Wildman–Crippen LogP) is 2.39. The third kappa shape index (κ3) is 4.80. The van der Waals surface area contributed by atoms with E-state index in [1.165, 1.54) is 0 Å². The molecule has 1 amide bonds. The van der Waals surface area contributed by atoms with Crippen LogP contribution >= 0.6 is 11.6 Å². The summed E-state index contributed by atoms with van der Waals surface area (Å²) in [5.74, 6) is 0.834. The van der Waals surface area contributed by atoms with Gasteiger partial charge in [-0.3, -0.25) is 14.6 Å². The zero-order valence-electron chi connectivity index (χ0n) is 13.7. The number of anilines is 1. The Morgan fingerprint density at radius 1 is 1.21 bits per heavy atom. The molecule has 2 aromatic rings. The van der Waals surface area contributed by atoms with Gasteiger partial charge < -0.3 is 9.84 Å². The van der Waals surface area contributed by atoms with Crippen LogP contribution in [0.3, 0.4) is 0 Å². The molecule has 7 heteroatoms. The molecule has 0 saturated carbocycles. The van der Waals surface area contributed by atoms with Crippen LogP contribution in [0, 0.1) is 6.92 Å². The van der Waals surface area contributed by atoms with Crippen molar-refractivity contribution < 1.29 is 9.32 Å². The standard InChI is InChI=1S/C17H21ClN4O2/c1-13-10-16(20-24-13)11-21-6-8-22(9-7-21)12-17(23)19-15-4-2-14(18)3-5-15/h2-5,10H,6-9,11-12H2,1H3,(H,19,23). The third-order valence-corrected chi connectivity index (χ3v) is 4.27. The number of benzene rings is 1. The number of hydrogen-bond acceptors (Lipinski definition) is 5. The van der Waals surface area contributed by atoms with Crippen LogP contribution < -0.4 is 5.32 Å². The molecule has 1 aliphatic heterocycles. The molecule has 2 heterocycles. The Morgan fingerprint density at radius 2 is 1.88 bits per heavy atom. The molecule has 0 radical (unpaired) electrons. The van der Waals surface area contributed by atoms with Crippen molar-refractivity contribution in [3.05, 3.63) is 46.8 Å². The molecule has 1 N–H and O–H groups in total. The molecular weight excluding hydrogens is 328 g/mol. The molecule has 24 heavy (non-hydrogen) atoms. The Labute approximate surface area is 146 Å². The third-order valence-electron chi connectivity index (χ3n) is 4.02. The van der Waals surface area contributed by atoms with Crippen molar-refractivity contribution in [3.8, 4) is 0 Å². The molecule has 3 rings (SSSR count). The van der Waals surface area contributed by atoms with E-state index in [0.29, 0.717) is 11.6 Å². The van der Waals surface area contributed by atoms with Crippen molar-refractivity contribution in [2.45, 2.75) is 13.5 Å². The minimum Gasteiger partial charge on any atom is -0.361 e. The van der Waals surface area contributed by atoms with E-state index < -0.39 is 0 Å². The van der Waals surface area contributed by atoms with Crippen molar-refractivity contribution in [1.82, 2.24) is 15.0 Å². The number of nitrogens with one attached hydrogen (secondary N) is 1. The highest BCUT2D eigenvalue weighted by Crippen LogP contribution is 2.14. The first-order valence-corrected chi connectivity index (χ1v) is 8.38. The van der Waals surface area contributed by atoms with E-state index in [1.807, 2.05) is 13.0 Å². The number of carbonyl (C=O) groups excluding carboxylic acids is 1. The van der Waals surface area contributed by atoms with E-state index in [0.717, 1.165) is 49.9 Å². The number of aryl methyl sites for hydroxylation is 1. The van der Waals surface area contributed by atoms with Crippen LogP contribution in [-0.4, -0.2) is 53.6 Å². The van der Waals surface area contributed by atoms with Gasteiger partial charge in [-0.2, -0.15) is 0 Å². The van der Waals surface area contributed by atoms with Crippen LogP contribution in [0.4, 0.5) is 5.69 Å². The van der Waals surface area contributed by atoms with Gasteiger partial charge in [0.05, 0.1) is 12.2 Å². The summed E-state index contributed by atoms with van der Waals surface area (Å²) in [6.45, 7) is 6.66. The molecule has 128 valence electrons. The fourth-order valence-electron chi connectivity index (χ4n) is 2.76. The summed E-state index contributed by atoms with van der Waals surface area (Å²) in [5.41, 5.74) is 1.73. The fourth-order valence-corrected chi connectivity index (χ4v) is 2.89. The lowest BCUT2D eigenvalue weighted by Gasteiger charge is -2.33. The number of halogens is 1. The van der Waals surface area contributed by atoms with E-state index in [-0.39, 0.29) is 5.91 Å². The van der Waals surface area contributed by atoms with Crippen LogP contribution in [0.5, 0.6) is 0 Å². The minimum atomic E-state index is -0.00195. The molecule has 1 aliphatic rings. The highest BCUT2D eigenvalue weighted by Gasteiger charge is 2.19. The molecule has 0 spiro atoms. The summed E-state index contributed by atoms with van der Waals surface area (Å²) in [4.78, 5) is 16.6. The maximum atomic E-state index is 12.1. The van der Waals surface area contributed by atoms with E-state index in [4.69, 9.17) is 16.1 Å². The number of piperazine rings is 1. The number of rotatable bonds is 5. The number of carbonyl (C=O) groups is 1. The molecule has 0 bridgehead atoms. The monoisotopic (exact) mass is 348 g/mol. The lowest BCUT2D eigenvalue weighted by Crippen LogP contribution is -2.48. The average molecular weight is 349 g/mol. The molecule has 0 aliphatic carbocycles. The number of aromatic nitrogens is 1. The van der Waals surface area contributed by atoms with Gasteiger partial charge in [-0.15, -0.1) is 0 Å². The summed E-state index contributed by atoms with van der Waals surface area (Å²) in [5, 5.41) is 7.58. The van der Waals surface area contributed by atoms with Crippen LogP contribution in [0.1, 0.15) is 11.5 Å². The highest BCUT2D eigenvalue weighted by molar-refractivity contribution is 6.30. The number of amides is 1. The van der Waals surface area contributed by atoms with Gasteiger partial charge >= 0.3 is 0 Å². The van der Waals surface area contributed by atoms with Gasteiger partial charge in [0.2, 0.25) is 5.91 Å². The number of nitrogens with zero attached hydrogens (tertiary/aromatic N) is 3. The first kappa shape index (κ1) is 17.0. The predicted molar refractivity (Wildman–Crippen MR) is 93.0 cm³/mol. The van der Waals surface area contributed by atoms with Crippen LogP contribution in [0.2, 0.25) is 5.02 Å². The maximum Gasteiger partial charge on any atom is 0.238 e. The maximum absolute atomic E-state index is 12.1. The molecule has 1 aromatic heterocycles. The second-order valence-corrected chi connectivity index (χ2v) is 6.47. The van der Waals surface area contributed by atoms with Crippen molar-refractivity contribution >= 4 is 23.2 Å². The van der Waals surface area contributed by atoms with Crippen molar-refractivity contribution in [2.24, 2.45) is 0 Å². The van der Waals surface area contributed by atoms with E-state index in [2.05, 4.69) is 20.3 Å². The van der Waals surface area contributed by atoms with Gasteiger partial charge in [0, 0.05) is 49.5 Å². The zero-order chi connectivity index (χ0) is 16.9. The summed E-state index contributed by atoms with van der Waals surface area (Å²) < 4.78 is 5.10. The molecule has 1 saturated heterocycles. The lowest BCUT2D eigenvalue weighted by molar-refractivity contribution is -0.117. The van der Waals surface area contributed by atoms with Crippen molar-refractivity contribution in [1.29, 1.82) is 0 Å². The Bertz CT molecular complexity index is 678. The quantitative estimate of drug-likeness (QED) is 0.899. The fraction of sp³-hybridized carbons (Fsp3) is 0.412. The molecule has 1 aromatic carbocycles. The largest absolute Gasteiger partial charge is 0.361 e. The summed E-state index contributed by atoms with van der Waals surface area (Å²) in [7, 11) is 0. The first-order valence-electron chi connectivity index (χ1n) is 8.01. The smallest absolute Gasteiger partial charge is 0.238 e. The van der Waals surface area contributed by atoms with Gasteiger partial charge in [0.1, 0.15) is 5.76 Å². The van der Waals surface area contributed by atoms with Crippen LogP contribution in [0.25, 0.3) is 0 Å². The van der Waals surface area contributed by atoms with E-state index in [9.17, 15) is 4.79 Å². The van der Waals surface area contributed by atoms with Crippen molar-refractivity contribution in [3.63, 3.8) is 0 Å². The summed E-state index contributed by atoms with van der Waals surface area (Å²) >= 11 is 5.84. The molecule has 6 nitrogen and oxygen atoms in total. The Hall–Kier alpha value is -1.89. The number of hydrogen-bond donors (Lipinski definition) is 1. The van der Waals surface area contributed by atoms with Crippen molar-refractivity contribution in [2.75, 3.05) is 38.0 Å². The Kier molecular flexibility index (Phi) is 5.50. The molecule has 0 unspecified atom stereocenters. The normalized spacial score (nSPS) is 16.2. The van der Waals surface area contributed by atoms with E-state index >= 15 is 0 Å². The first-order chi connectivity index (χ1) is 11.6. The Morgan fingerprint density at radius 3 is 2.50 bits per heavy atom. The van der Waals surface area contributed by atoms with Gasteiger partial charge in [0.25, 0.3) is 0 Å².